The van der Waals surface area contributed by atoms with E-state index in [4.69, 9.17) is 4.74 Å². The molecular formula is C12H18N4O2. The van der Waals surface area contributed by atoms with Crippen molar-refractivity contribution in [1.82, 2.24) is 20.2 Å². The summed E-state index contributed by atoms with van der Waals surface area (Å²) >= 11 is 0. The lowest BCUT2D eigenvalue weighted by atomic mass is 10.3. The van der Waals surface area contributed by atoms with Crippen LogP contribution >= 0.6 is 0 Å². The number of aliphatic hydroxyl groups is 1. The van der Waals surface area contributed by atoms with E-state index in [0.29, 0.717) is 17.4 Å². The van der Waals surface area contributed by atoms with Gasteiger partial charge in [-0.05, 0) is 19.8 Å². The van der Waals surface area contributed by atoms with Crippen LogP contribution in [-0.4, -0.2) is 37.5 Å². The van der Waals surface area contributed by atoms with Gasteiger partial charge in [-0.15, -0.1) is 0 Å². The van der Waals surface area contributed by atoms with Crippen LogP contribution in [0.1, 0.15) is 32.5 Å². The maximum Gasteiger partial charge on any atom is 0.228 e. The highest BCUT2D eigenvalue weighted by Crippen LogP contribution is 2.35. The summed E-state index contributed by atoms with van der Waals surface area (Å²) in [5, 5.41) is 17.1. The van der Waals surface area contributed by atoms with Crippen molar-refractivity contribution < 1.29 is 9.84 Å². The maximum absolute atomic E-state index is 9.69. The third-order valence-corrected chi connectivity index (χ3v) is 2.69. The van der Waals surface area contributed by atoms with Gasteiger partial charge in [-0.2, -0.15) is 10.1 Å². The third kappa shape index (κ3) is 2.59. The van der Waals surface area contributed by atoms with Crippen molar-refractivity contribution >= 4 is 11.0 Å². The van der Waals surface area contributed by atoms with E-state index in [1.54, 1.807) is 13.1 Å². The van der Waals surface area contributed by atoms with E-state index in [1.165, 1.54) is 0 Å². The summed E-state index contributed by atoms with van der Waals surface area (Å²) < 4.78 is 5.52. The number of aromatic nitrogens is 4. The molecule has 0 amide bonds. The fraction of sp³-hybridized carbons (Fsp3) is 0.583. The Balaban J connectivity index is 0.000000574. The van der Waals surface area contributed by atoms with Gasteiger partial charge in [0.15, 0.2) is 5.65 Å². The first-order valence-electron chi connectivity index (χ1n) is 6.19. The Hall–Kier alpha value is -1.69. The molecule has 0 aliphatic heterocycles. The number of rotatable bonds is 3. The van der Waals surface area contributed by atoms with E-state index in [9.17, 15) is 5.11 Å². The van der Waals surface area contributed by atoms with Gasteiger partial charge in [0.25, 0.3) is 0 Å². The van der Waals surface area contributed by atoms with Crippen molar-refractivity contribution in [1.29, 1.82) is 0 Å². The fourth-order valence-corrected chi connectivity index (χ4v) is 1.52. The molecule has 2 aromatic rings. The summed E-state index contributed by atoms with van der Waals surface area (Å²) in [7, 11) is 0. The summed E-state index contributed by atoms with van der Waals surface area (Å²) in [6, 6.07) is 0. The minimum Gasteiger partial charge on any atom is -0.474 e. The molecule has 6 nitrogen and oxygen atoms in total. The van der Waals surface area contributed by atoms with Gasteiger partial charge in [-0.25, -0.2) is 4.98 Å². The Morgan fingerprint density at radius 3 is 2.78 bits per heavy atom. The average molecular weight is 250 g/mol. The molecule has 18 heavy (non-hydrogen) atoms. The number of ether oxygens (including phenoxy) is 1. The second-order valence-electron chi connectivity index (χ2n) is 4.22. The highest BCUT2D eigenvalue weighted by atomic mass is 16.5. The lowest BCUT2D eigenvalue weighted by Crippen LogP contribution is -2.19. The zero-order chi connectivity index (χ0) is 13.2. The van der Waals surface area contributed by atoms with Crippen LogP contribution in [0.5, 0.6) is 5.88 Å². The zero-order valence-corrected chi connectivity index (χ0v) is 10.9. The Bertz CT molecular complexity index is 534. The molecule has 98 valence electrons. The quantitative estimate of drug-likeness (QED) is 0.864. The molecule has 0 unspecified atom stereocenters. The van der Waals surface area contributed by atoms with Crippen molar-refractivity contribution in [2.24, 2.45) is 0 Å². The SMILES string of the molecule is CC.Cc1nc(OCC2(O)CC2)c2cn[nH]c2n1. The summed E-state index contributed by atoms with van der Waals surface area (Å²) in [5.41, 5.74) is 0.0137. The second kappa shape index (κ2) is 4.89. The number of hydrogen-bond acceptors (Lipinski definition) is 5. The molecule has 0 radical (unpaired) electrons. The van der Waals surface area contributed by atoms with E-state index in [0.717, 1.165) is 18.2 Å². The summed E-state index contributed by atoms with van der Waals surface area (Å²) in [5.74, 6) is 1.10. The first kappa shape index (κ1) is 12.8. The molecular weight excluding hydrogens is 232 g/mol. The topological polar surface area (TPSA) is 83.9 Å². The smallest absolute Gasteiger partial charge is 0.228 e. The van der Waals surface area contributed by atoms with Gasteiger partial charge in [-0.3, -0.25) is 5.10 Å². The Morgan fingerprint density at radius 2 is 2.11 bits per heavy atom. The number of aryl methyl sites for hydroxylation is 1. The average Bonchev–Trinajstić information content (AvgIpc) is 2.91. The van der Waals surface area contributed by atoms with Crippen LogP contribution in [0.25, 0.3) is 11.0 Å². The lowest BCUT2D eigenvalue weighted by Gasteiger charge is -2.10. The van der Waals surface area contributed by atoms with Crippen LogP contribution in [0.15, 0.2) is 6.20 Å². The van der Waals surface area contributed by atoms with Gasteiger partial charge in [0.1, 0.15) is 17.8 Å². The predicted molar refractivity (Wildman–Crippen MR) is 67.4 cm³/mol. The normalized spacial score (nSPS) is 16.0. The van der Waals surface area contributed by atoms with E-state index >= 15 is 0 Å². The summed E-state index contributed by atoms with van der Waals surface area (Å²) in [4.78, 5) is 8.38. The molecule has 3 rings (SSSR count). The molecule has 0 saturated heterocycles. The first-order chi connectivity index (χ1) is 8.66. The van der Waals surface area contributed by atoms with E-state index in [2.05, 4.69) is 20.2 Å². The van der Waals surface area contributed by atoms with E-state index in [-0.39, 0.29) is 6.61 Å². The standard InChI is InChI=1S/C10H12N4O2.C2H6/c1-6-12-8-7(4-11-14-8)9(13-6)16-5-10(15)2-3-10;1-2/h4,15H,2-3,5H2,1H3,(H,11,12,13,14);1-2H3. The van der Waals surface area contributed by atoms with Crippen molar-refractivity contribution in [3.63, 3.8) is 0 Å². The monoisotopic (exact) mass is 250 g/mol. The molecule has 1 fully saturated rings. The van der Waals surface area contributed by atoms with Crippen LogP contribution in [0.2, 0.25) is 0 Å². The molecule has 1 aliphatic rings. The third-order valence-electron chi connectivity index (χ3n) is 2.69. The van der Waals surface area contributed by atoms with Crippen LogP contribution in [-0.2, 0) is 0 Å². The number of nitrogens with zero attached hydrogens (tertiary/aromatic N) is 3. The Labute approximate surface area is 105 Å². The van der Waals surface area contributed by atoms with E-state index < -0.39 is 5.60 Å². The van der Waals surface area contributed by atoms with Crippen molar-refractivity contribution in [2.75, 3.05) is 6.61 Å². The molecule has 0 atom stereocenters. The number of aromatic amines is 1. The molecule has 1 saturated carbocycles. The highest BCUT2D eigenvalue weighted by molar-refractivity contribution is 5.79. The van der Waals surface area contributed by atoms with Gasteiger partial charge in [0, 0.05) is 0 Å². The van der Waals surface area contributed by atoms with Crippen LogP contribution in [0.4, 0.5) is 0 Å². The molecule has 2 heterocycles. The van der Waals surface area contributed by atoms with Gasteiger partial charge in [0.2, 0.25) is 5.88 Å². The van der Waals surface area contributed by atoms with Gasteiger partial charge < -0.3 is 9.84 Å². The minimum atomic E-state index is -0.644. The fourth-order valence-electron chi connectivity index (χ4n) is 1.52. The van der Waals surface area contributed by atoms with Crippen molar-refractivity contribution in [3.8, 4) is 5.88 Å². The predicted octanol–water partition coefficient (Wildman–Crippen LogP) is 1.59. The van der Waals surface area contributed by atoms with Crippen LogP contribution in [0.3, 0.4) is 0 Å². The zero-order valence-electron chi connectivity index (χ0n) is 10.9. The minimum absolute atomic E-state index is 0.281. The van der Waals surface area contributed by atoms with Crippen molar-refractivity contribution in [2.45, 2.75) is 39.2 Å². The first-order valence-corrected chi connectivity index (χ1v) is 6.19. The molecule has 2 aromatic heterocycles. The number of hydrogen-bond donors (Lipinski definition) is 2. The van der Waals surface area contributed by atoms with Gasteiger partial charge in [-0.1, -0.05) is 13.8 Å². The number of H-pyrrole nitrogens is 1. The molecule has 0 aromatic carbocycles. The number of fused-ring (bicyclic) bond motifs is 1. The Kier molecular flexibility index (Phi) is 3.47. The van der Waals surface area contributed by atoms with Crippen LogP contribution < -0.4 is 4.74 Å². The summed E-state index contributed by atoms with van der Waals surface area (Å²) in [6.45, 7) is 6.07. The van der Waals surface area contributed by atoms with Gasteiger partial charge >= 0.3 is 0 Å². The molecule has 0 bridgehead atoms. The lowest BCUT2D eigenvalue weighted by molar-refractivity contribution is 0.0840. The van der Waals surface area contributed by atoms with E-state index in [1.807, 2.05) is 13.8 Å². The molecule has 0 spiro atoms. The summed E-state index contributed by atoms with van der Waals surface area (Å²) in [6.07, 6.45) is 3.22. The largest absolute Gasteiger partial charge is 0.474 e. The van der Waals surface area contributed by atoms with Crippen LogP contribution in [0, 0.1) is 6.92 Å². The van der Waals surface area contributed by atoms with Gasteiger partial charge in [0.05, 0.1) is 11.8 Å². The number of nitrogens with one attached hydrogen (secondary N) is 1. The second-order valence-corrected chi connectivity index (χ2v) is 4.22. The maximum atomic E-state index is 9.69. The molecule has 2 N–H and O–H groups in total. The highest BCUT2D eigenvalue weighted by Gasteiger charge is 2.41. The molecule has 1 aliphatic carbocycles. The molecule has 6 heteroatoms. The van der Waals surface area contributed by atoms with Crippen molar-refractivity contribution in [3.05, 3.63) is 12.0 Å². The Morgan fingerprint density at radius 1 is 1.39 bits per heavy atom.